The van der Waals surface area contributed by atoms with Crippen LogP contribution in [0, 0.1) is 0 Å². The number of halogens is 6. The van der Waals surface area contributed by atoms with Gasteiger partial charge in [0.25, 0.3) is 5.60 Å². The number of alkyl halides is 6. The second-order valence-electron chi connectivity index (χ2n) is 4.00. The number of hydrogen-bond donors (Lipinski definition) is 1. The highest BCUT2D eigenvalue weighted by molar-refractivity contribution is 5.64. The molecule has 1 N–H and O–H groups in total. The van der Waals surface area contributed by atoms with Crippen LogP contribution >= 0.6 is 0 Å². The van der Waals surface area contributed by atoms with Crippen molar-refractivity contribution < 1.29 is 31.4 Å². The Kier molecular flexibility index (Phi) is 4.00. The minimum Gasteiger partial charge on any atom is -0.373 e. The van der Waals surface area contributed by atoms with E-state index in [0.29, 0.717) is 0 Å². The molecule has 106 valence electrons. The zero-order chi connectivity index (χ0) is 14.9. The van der Waals surface area contributed by atoms with E-state index in [0.717, 1.165) is 0 Å². The quantitative estimate of drug-likeness (QED) is 0.833. The highest BCUT2D eigenvalue weighted by Gasteiger charge is 2.70. The average Bonchev–Trinajstić information content (AvgIpc) is 2.27. The van der Waals surface area contributed by atoms with Gasteiger partial charge in [-0.1, -0.05) is 36.9 Å². The highest BCUT2D eigenvalue weighted by Crippen LogP contribution is 2.47. The number of hydrogen-bond acceptors (Lipinski definition) is 1. The van der Waals surface area contributed by atoms with Crippen LogP contribution in [0.2, 0.25) is 0 Å². The molecule has 1 aromatic carbocycles. The van der Waals surface area contributed by atoms with Crippen molar-refractivity contribution in [2.45, 2.75) is 24.4 Å². The van der Waals surface area contributed by atoms with E-state index in [1.165, 1.54) is 24.3 Å². The van der Waals surface area contributed by atoms with E-state index in [4.69, 9.17) is 5.11 Å². The van der Waals surface area contributed by atoms with Crippen LogP contribution in [-0.2, 0) is 0 Å². The first-order valence-corrected chi connectivity index (χ1v) is 5.08. The summed E-state index contributed by atoms with van der Waals surface area (Å²) in [7, 11) is 0. The Balaban J connectivity index is 3.08. The molecule has 0 amide bonds. The van der Waals surface area contributed by atoms with Crippen molar-refractivity contribution in [2.24, 2.45) is 0 Å². The van der Waals surface area contributed by atoms with Gasteiger partial charge in [-0.2, -0.15) is 26.3 Å². The van der Waals surface area contributed by atoms with Crippen LogP contribution in [0.4, 0.5) is 26.3 Å². The predicted molar refractivity (Wildman–Crippen MR) is 57.2 cm³/mol. The number of aliphatic hydroxyl groups is 1. The molecule has 1 aromatic rings. The lowest BCUT2D eigenvalue weighted by Crippen LogP contribution is -2.56. The third-order valence-electron chi connectivity index (χ3n) is 2.59. The summed E-state index contributed by atoms with van der Waals surface area (Å²) in [6, 6.07) is 7.07. The summed E-state index contributed by atoms with van der Waals surface area (Å²) in [6.07, 6.45) is -13.3. The molecule has 0 atom stereocenters. The van der Waals surface area contributed by atoms with Crippen LogP contribution in [0.3, 0.4) is 0 Å². The zero-order valence-corrected chi connectivity index (χ0v) is 9.52. The molecular weight excluding hydrogens is 274 g/mol. The Bertz CT molecular complexity index is 432. The molecule has 0 spiro atoms. The van der Waals surface area contributed by atoms with Crippen molar-refractivity contribution in [1.82, 2.24) is 0 Å². The van der Waals surface area contributed by atoms with Crippen LogP contribution in [-0.4, -0.2) is 23.1 Å². The predicted octanol–water partition coefficient (Wildman–Crippen LogP) is 3.95. The van der Waals surface area contributed by atoms with E-state index < -0.39 is 29.9 Å². The van der Waals surface area contributed by atoms with Gasteiger partial charge in [-0.05, 0) is 11.1 Å². The van der Waals surface area contributed by atoms with Gasteiger partial charge in [0.1, 0.15) is 0 Å². The molecule has 0 unspecified atom stereocenters. The first kappa shape index (κ1) is 15.6. The van der Waals surface area contributed by atoms with E-state index in [1.54, 1.807) is 6.07 Å². The van der Waals surface area contributed by atoms with Gasteiger partial charge in [0.2, 0.25) is 0 Å². The van der Waals surface area contributed by atoms with Crippen LogP contribution in [0.1, 0.15) is 12.0 Å². The lowest BCUT2D eigenvalue weighted by atomic mass is 9.90. The van der Waals surface area contributed by atoms with Gasteiger partial charge >= 0.3 is 12.4 Å². The molecule has 1 nitrogen and oxygen atoms in total. The molecule has 0 aromatic heterocycles. The fraction of sp³-hybridized carbons (Fsp3) is 0.333. The van der Waals surface area contributed by atoms with E-state index in [1.807, 2.05) is 0 Å². The SMILES string of the molecule is C=C(CC(O)(C(F)(F)F)C(F)(F)F)c1ccccc1. The van der Waals surface area contributed by atoms with E-state index in [-0.39, 0.29) is 5.56 Å². The van der Waals surface area contributed by atoms with E-state index >= 15 is 0 Å². The van der Waals surface area contributed by atoms with Crippen LogP contribution in [0.25, 0.3) is 5.57 Å². The molecule has 1 rings (SSSR count). The molecule has 0 saturated carbocycles. The van der Waals surface area contributed by atoms with Gasteiger partial charge in [0.15, 0.2) is 0 Å². The molecule has 0 aliphatic carbocycles. The molecule has 0 heterocycles. The largest absolute Gasteiger partial charge is 0.426 e. The molecule has 0 bridgehead atoms. The Morgan fingerprint density at radius 1 is 0.947 bits per heavy atom. The Morgan fingerprint density at radius 3 is 1.74 bits per heavy atom. The van der Waals surface area contributed by atoms with Crippen LogP contribution in [0.15, 0.2) is 36.9 Å². The summed E-state index contributed by atoms with van der Waals surface area (Å²) in [5.41, 5.74) is -5.14. The fourth-order valence-corrected chi connectivity index (χ4v) is 1.45. The molecule has 0 fully saturated rings. The smallest absolute Gasteiger partial charge is 0.373 e. The second-order valence-corrected chi connectivity index (χ2v) is 4.00. The van der Waals surface area contributed by atoms with Crippen molar-refractivity contribution in [3.63, 3.8) is 0 Å². The van der Waals surface area contributed by atoms with Crippen molar-refractivity contribution >= 4 is 5.57 Å². The van der Waals surface area contributed by atoms with Gasteiger partial charge in [-0.3, -0.25) is 0 Å². The van der Waals surface area contributed by atoms with Crippen LogP contribution in [0.5, 0.6) is 0 Å². The third-order valence-corrected chi connectivity index (χ3v) is 2.59. The Hall–Kier alpha value is -1.50. The minimum atomic E-state index is -5.83. The van der Waals surface area contributed by atoms with Crippen molar-refractivity contribution in [1.29, 1.82) is 0 Å². The maximum atomic E-state index is 12.5. The van der Waals surface area contributed by atoms with E-state index in [9.17, 15) is 26.3 Å². The van der Waals surface area contributed by atoms with Crippen LogP contribution < -0.4 is 0 Å². The van der Waals surface area contributed by atoms with Gasteiger partial charge in [0.05, 0.1) is 0 Å². The average molecular weight is 284 g/mol. The maximum absolute atomic E-state index is 12.5. The normalized spacial score (nSPS) is 13.4. The van der Waals surface area contributed by atoms with Crippen molar-refractivity contribution in [2.75, 3.05) is 0 Å². The number of benzene rings is 1. The first-order chi connectivity index (χ1) is 8.49. The maximum Gasteiger partial charge on any atom is 0.426 e. The summed E-state index contributed by atoms with van der Waals surface area (Å²) in [5, 5.41) is 9.01. The monoisotopic (exact) mass is 284 g/mol. The standard InChI is InChI=1S/C12H10F6O/c1-8(9-5-3-2-4-6-9)7-10(19,11(13,14)15)12(16,17)18/h2-6,19H,1,7H2. The summed E-state index contributed by atoms with van der Waals surface area (Å²) in [6.45, 7) is 3.18. The molecule has 7 heteroatoms. The molecule has 0 radical (unpaired) electrons. The summed E-state index contributed by atoms with van der Waals surface area (Å²) in [4.78, 5) is 0. The van der Waals surface area contributed by atoms with Gasteiger partial charge < -0.3 is 5.11 Å². The Morgan fingerprint density at radius 2 is 1.37 bits per heavy atom. The molecular formula is C12H10F6O. The summed E-state index contributed by atoms with van der Waals surface area (Å²) >= 11 is 0. The Labute approximate surface area is 105 Å². The molecule has 0 saturated heterocycles. The highest BCUT2D eigenvalue weighted by atomic mass is 19.4. The topological polar surface area (TPSA) is 20.2 Å². The molecule has 0 aliphatic heterocycles. The minimum absolute atomic E-state index is 0.106. The van der Waals surface area contributed by atoms with Gasteiger partial charge in [-0.25, -0.2) is 0 Å². The zero-order valence-electron chi connectivity index (χ0n) is 9.52. The first-order valence-electron chi connectivity index (χ1n) is 5.08. The summed E-state index contributed by atoms with van der Waals surface area (Å²) < 4.78 is 74.8. The lowest BCUT2D eigenvalue weighted by Gasteiger charge is -2.32. The lowest BCUT2D eigenvalue weighted by molar-refractivity contribution is -0.365. The van der Waals surface area contributed by atoms with Gasteiger partial charge in [-0.15, -0.1) is 0 Å². The van der Waals surface area contributed by atoms with Gasteiger partial charge in [0, 0.05) is 6.42 Å². The van der Waals surface area contributed by atoms with E-state index in [2.05, 4.69) is 6.58 Å². The second kappa shape index (κ2) is 4.88. The molecule has 19 heavy (non-hydrogen) atoms. The molecule has 0 aliphatic rings. The fourth-order valence-electron chi connectivity index (χ4n) is 1.45. The third kappa shape index (κ3) is 3.09. The van der Waals surface area contributed by atoms with Crippen molar-refractivity contribution in [3.05, 3.63) is 42.5 Å². The summed E-state index contributed by atoms with van der Waals surface area (Å²) in [5.74, 6) is 0. The van der Waals surface area contributed by atoms with Crippen molar-refractivity contribution in [3.8, 4) is 0 Å². The number of rotatable bonds is 3.